The van der Waals surface area contributed by atoms with E-state index in [2.05, 4.69) is 33.8 Å². The Morgan fingerprint density at radius 1 is 1.14 bits per heavy atom. The van der Waals surface area contributed by atoms with Crippen molar-refractivity contribution in [3.63, 3.8) is 0 Å². The molecule has 2 rings (SSSR count). The summed E-state index contributed by atoms with van der Waals surface area (Å²) in [6.07, 6.45) is 6.50. The monoisotopic (exact) mass is 190 g/mol. The Kier molecular flexibility index (Phi) is 2.55. The Hall–Kier alpha value is -0.520. The van der Waals surface area contributed by atoms with Gasteiger partial charge in [0, 0.05) is 0 Å². The van der Waals surface area contributed by atoms with E-state index in [1.165, 1.54) is 19.3 Å². The molecule has 0 spiro atoms. The van der Waals surface area contributed by atoms with E-state index >= 15 is 0 Å². The van der Waals surface area contributed by atoms with Crippen LogP contribution < -0.4 is 0 Å². The number of hydrogen-bond donors (Lipinski definition) is 0. The van der Waals surface area contributed by atoms with Crippen LogP contribution in [0, 0.1) is 17.8 Å². The van der Waals surface area contributed by atoms with Crippen molar-refractivity contribution >= 4 is 0 Å². The van der Waals surface area contributed by atoms with Crippen LogP contribution in [0.25, 0.3) is 0 Å². The first-order valence-corrected chi connectivity index (χ1v) is 5.99. The molecule has 1 unspecified atom stereocenters. The summed E-state index contributed by atoms with van der Waals surface area (Å²) < 4.78 is 0. The van der Waals surface area contributed by atoms with Crippen molar-refractivity contribution in [2.24, 2.45) is 17.8 Å². The van der Waals surface area contributed by atoms with Gasteiger partial charge in [-0.1, -0.05) is 44.9 Å². The Labute approximate surface area is 88.1 Å². The molecule has 0 aromatic carbocycles. The highest BCUT2D eigenvalue weighted by molar-refractivity contribution is 5.43. The summed E-state index contributed by atoms with van der Waals surface area (Å²) in [5, 5.41) is 0. The second kappa shape index (κ2) is 3.56. The van der Waals surface area contributed by atoms with E-state index in [1.54, 1.807) is 16.7 Å². The minimum atomic E-state index is 0.748. The maximum atomic E-state index is 2.49. The molecule has 0 saturated heterocycles. The number of hydrogen-bond acceptors (Lipinski definition) is 0. The zero-order valence-electron chi connectivity index (χ0n) is 9.93. The third-order valence-corrected chi connectivity index (χ3v) is 3.91. The molecule has 0 heterocycles. The maximum absolute atomic E-state index is 2.49. The van der Waals surface area contributed by atoms with Gasteiger partial charge in [-0.25, -0.2) is 0 Å². The molecule has 0 saturated carbocycles. The van der Waals surface area contributed by atoms with E-state index in [1.807, 2.05) is 0 Å². The summed E-state index contributed by atoms with van der Waals surface area (Å²) in [5.74, 6) is 2.54. The Balaban J connectivity index is 2.03. The van der Waals surface area contributed by atoms with Crippen LogP contribution >= 0.6 is 0 Å². The molecule has 0 aromatic heterocycles. The lowest BCUT2D eigenvalue weighted by atomic mass is 9.89. The van der Waals surface area contributed by atoms with Crippen LogP contribution in [0.15, 0.2) is 22.8 Å². The molecule has 14 heavy (non-hydrogen) atoms. The molecule has 0 N–H and O–H groups in total. The fraction of sp³-hybridized carbons (Fsp3) is 0.714. The molecule has 0 bridgehead atoms. The lowest BCUT2D eigenvalue weighted by Crippen LogP contribution is -2.05. The first kappa shape index (κ1) is 10.0. The molecule has 0 aromatic rings. The average molecular weight is 190 g/mol. The van der Waals surface area contributed by atoms with Gasteiger partial charge in [0.05, 0.1) is 0 Å². The van der Waals surface area contributed by atoms with Crippen LogP contribution in [0.3, 0.4) is 0 Å². The summed E-state index contributed by atoms with van der Waals surface area (Å²) in [7, 11) is 0. The van der Waals surface area contributed by atoms with Gasteiger partial charge < -0.3 is 0 Å². The lowest BCUT2D eigenvalue weighted by molar-refractivity contribution is 0.399. The van der Waals surface area contributed by atoms with Gasteiger partial charge >= 0.3 is 0 Å². The Bertz CT molecular complexity index is 289. The molecule has 1 atom stereocenters. The Morgan fingerprint density at radius 2 is 1.86 bits per heavy atom. The van der Waals surface area contributed by atoms with Crippen LogP contribution in [0.5, 0.6) is 0 Å². The van der Waals surface area contributed by atoms with E-state index in [9.17, 15) is 0 Å². The first-order chi connectivity index (χ1) is 6.58. The molecule has 0 fully saturated rings. The zero-order valence-corrected chi connectivity index (χ0v) is 9.93. The van der Waals surface area contributed by atoms with Gasteiger partial charge in [0.2, 0.25) is 0 Å². The largest absolute Gasteiger partial charge is 0.0633 e. The summed E-state index contributed by atoms with van der Waals surface area (Å²) in [5.41, 5.74) is 5.11. The second-order valence-corrected chi connectivity index (χ2v) is 5.59. The second-order valence-electron chi connectivity index (χ2n) is 5.59. The highest BCUT2D eigenvalue weighted by Gasteiger charge is 2.29. The Morgan fingerprint density at radius 3 is 2.36 bits per heavy atom. The average Bonchev–Trinajstić information content (AvgIpc) is 2.57. The summed E-state index contributed by atoms with van der Waals surface area (Å²) in [6.45, 7) is 9.35. The SMILES string of the molecule is CC(C)C1=CC2=C(C1)CC(C(C)C)C2. The third kappa shape index (κ3) is 1.67. The molecule has 0 nitrogen and oxygen atoms in total. The molecular weight excluding hydrogens is 168 g/mol. The summed E-state index contributed by atoms with van der Waals surface area (Å²) in [6, 6.07) is 0. The molecule has 0 amide bonds. The van der Waals surface area contributed by atoms with Crippen LogP contribution in [-0.4, -0.2) is 0 Å². The van der Waals surface area contributed by atoms with E-state index in [-0.39, 0.29) is 0 Å². The fourth-order valence-electron chi connectivity index (χ4n) is 2.66. The molecule has 0 aliphatic heterocycles. The van der Waals surface area contributed by atoms with E-state index in [4.69, 9.17) is 0 Å². The van der Waals surface area contributed by atoms with E-state index in [0.717, 1.165) is 17.8 Å². The fourth-order valence-corrected chi connectivity index (χ4v) is 2.66. The van der Waals surface area contributed by atoms with Crippen LogP contribution in [0.1, 0.15) is 47.0 Å². The molecule has 2 aliphatic carbocycles. The van der Waals surface area contributed by atoms with E-state index in [0.29, 0.717) is 0 Å². The minimum Gasteiger partial charge on any atom is -0.0633 e. The van der Waals surface area contributed by atoms with Crippen molar-refractivity contribution in [3.05, 3.63) is 22.8 Å². The highest BCUT2D eigenvalue weighted by Crippen LogP contribution is 2.44. The van der Waals surface area contributed by atoms with Crippen molar-refractivity contribution in [1.29, 1.82) is 0 Å². The molecule has 78 valence electrons. The van der Waals surface area contributed by atoms with Gasteiger partial charge in [-0.3, -0.25) is 0 Å². The van der Waals surface area contributed by atoms with Gasteiger partial charge in [0.25, 0.3) is 0 Å². The first-order valence-electron chi connectivity index (χ1n) is 5.99. The predicted molar refractivity (Wildman–Crippen MR) is 62.1 cm³/mol. The van der Waals surface area contributed by atoms with E-state index < -0.39 is 0 Å². The summed E-state index contributed by atoms with van der Waals surface area (Å²) in [4.78, 5) is 0. The number of rotatable bonds is 2. The van der Waals surface area contributed by atoms with Crippen LogP contribution in [-0.2, 0) is 0 Å². The summed E-state index contributed by atoms with van der Waals surface area (Å²) >= 11 is 0. The van der Waals surface area contributed by atoms with Crippen molar-refractivity contribution in [1.82, 2.24) is 0 Å². The predicted octanol–water partition coefficient (Wildman–Crippen LogP) is 4.34. The molecule has 0 heteroatoms. The van der Waals surface area contributed by atoms with Gasteiger partial charge in [0.1, 0.15) is 0 Å². The van der Waals surface area contributed by atoms with Crippen molar-refractivity contribution in [3.8, 4) is 0 Å². The standard InChI is InChI=1S/C14H22/c1-9(2)11-5-13-7-12(10(3)4)8-14(13)6-11/h5,9-10,12H,6-8H2,1-4H3. The number of allylic oxidation sites excluding steroid dienone is 4. The molecule has 0 radical (unpaired) electrons. The highest BCUT2D eigenvalue weighted by atomic mass is 14.3. The lowest BCUT2D eigenvalue weighted by Gasteiger charge is -2.16. The van der Waals surface area contributed by atoms with Crippen molar-refractivity contribution in [2.75, 3.05) is 0 Å². The van der Waals surface area contributed by atoms with Gasteiger partial charge in [0.15, 0.2) is 0 Å². The van der Waals surface area contributed by atoms with Crippen molar-refractivity contribution in [2.45, 2.75) is 47.0 Å². The topological polar surface area (TPSA) is 0 Å². The third-order valence-electron chi connectivity index (χ3n) is 3.91. The van der Waals surface area contributed by atoms with Gasteiger partial charge in [-0.15, -0.1) is 0 Å². The zero-order chi connectivity index (χ0) is 10.3. The normalized spacial score (nSPS) is 26.4. The van der Waals surface area contributed by atoms with Crippen LogP contribution in [0.4, 0.5) is 0 Å². The quantitative estimate of drug-likeness (QED) is 0.608. The van der Waals surface area contributed by atoms with Gasteiger partial charge in [-0.05, 0) is 42.6 Å². The van der Waals surface area contributed by atoms with Crippen LogP contribution in [0.2, 0.25) is 0 Å². The molecular formula is C14H22. The minimum absolute atomic E-state index is 0.748. The van der Waals surface area contributed by atoms with Gasteiger partial charge in [-0.2, -0.15) is 0 Å². The smallest absolute Gasteiger partial charge is 0.00967 e. The van der Waals surface area contributed by atoms with Crippen molar-refractivity contribution < 1.29 is 0 Å². The maximum Gasteiger partial charge on any atom is -0.00967 e. The molecule has 2 aliphatic rings.